The molecule has 0 saturated carbocycles. The van der Waals surface area contributed by atoms with Gasteiger partial charge in [0.25, 0.3) is 0 Å². The molecule has 0 aromatic rings. The van der Waals surface area contributed by atoms with Gasteiger partial charge in [-0.15, -0.1) is 23.5 Å². The van der Waals surface area contributed by atoms with E-state index in [1.807, 2.05) is 42.6 Å². The lowest BCUT2D eigenvalue weighted by Gasteiger charge is -2.39. The van der Waals surface area contributed by atoms with Gasteiger partial charge in [-0.25, -0.2) is 0 Å². The molecule has 1 aliphatic heterocycles. The SMILES string of the molecule is CC1(C(Cl)(Cl)Cl)C=CC2(C=C1)SCCCS2. The first-order chi connectivity index (χ1) is 7.37. The summed E-state index contributed by atoms with van der Waals surface area (Å²) in [4.78, 5) is 0. The summed E-state index contributed by atoms with van der Waals surface area (Å²) in [5.74, 6) is 2.40. The first-order valence-corrected chi connectivity index (χ1v) is 8.23. The van der Waals surface area contributed by atoms with Gasteiger partial charge in [0, 0.05) is 0 Å². The van der Waals surface area contributed by atoms with Crippen LogP contribution in [0.4, 0.5) is 0 Å². The number of halogens is 3. The average molecular weight is 316 g/mol. The molecule has 1 aliphatic carbocycles. The van der Waals surface area contributed by atoms with Crippen molar-refractivity contribution in [2.75, 3.05) is 11.5 Å². The van der Waals surface area contributed by atoms with Gasteiger partial charge in [0.1, 0.15) is 0 Å². The van der Waals surface area contributed by atoms with Crippen molar-refractivity contribution in [3.8, 4) is 0 Å². The predicted octanol–water partition coefficient (Wildman–Crippen LogP) is 5.06. The van der Waals surface area contributed by atoms with Gasteiger partial charge in [0.2, 0.25) is 3.79 Å². The van der Waals surface area contributed by atoms with Crippen LogP contribution in [-0.4, -0.2) is 19.4 Å². The summed E-state index contributed by atoms with van der Waals surface area (Å²) in [6, 6.07) is 0. The number of hydrogen-bond acceptors (Lipinski definition) is 2. The zero-order valence-corrected chi connectivity index (χ0v) is 12.8. The maximum Gasteiger partial charge on any atom is 0.202 e. The van der Waals surface area contributed by atoms with Gasteiger partial charge in [-0.3, -0.25) is 0 Å². The summed E-state index contributed by atoms with van der Waals surface area (Å²) in [6.45, 7) is 1.94. The molecule has 1 spiro atoms. The highest BCUT2D eigenvalue weighted by molar-refractivity contribution is 8.19. The Morgan fingerprint density at radius 2 is 1.50 bits per heavy atom. The smallest absolute Gasteiger partial charge is 0.136 e. The van der Waals surface area contributed by atoms with Crippen molar-refractivity contribution in [3.63, 3.8) is 0 Å². The van der Waals surface area contributed by atoms with E-state index in [4.69, 9.17) is 34.8 Å². The molecule has 1 heterocycles. The molecule has 2 rings (SSSR count). The van der Waals surface area contributed by atoms with Crippen LogP contribution in [0.1, 0.15) is 13.3 Å². The third-order valence-electron chi connectivity index (χ3n) is 2.88. The minimum absolute atomic E-state index is 0.0771. The number of rotatable bonds is 0. The molecular formula is C11H13Cl3S2. The van der Waals surface area contributed by atoms with Crippen molar-refractivity contribution < 1.29 is 0 Å². The normalized spacial score (nSPS) is 27.2. The van der Waals surface area contributed by atoms with Crippen LogP contribution in [0.15, 0.2) is 24.3 Å². The molecule has 0 nitrogen and oxygen atoms in total. The quantitative estimate of drug-likeness (QED) is 0.453. The highest BCUT2D eigenvalue weighted by Gasteiger charge is 2.44. The molecule has 2 aliphatic rings. The molecule has 90 valence electrons. The van der Waals surface area contributed by atoms with E-state index in [-0.39, 0.29) is 4.08 Å². The fraction of sp³-hybridized carbons (Fsp3) is 0.636. The van der Waals surface area contributed by atoms with Crippen LogP contribution in [-0.2, 0) is 0 Å². The highest BCUT2D eigenvalue weighted by Crippen LogP contribution is 2.53. The maximum absolute atomic E-state index is 6.00. The van der Waals surface area contributed by atoms with Gasteiger partial charge in [-0.2, -0.15) is 0 Å². The number of thioether (sulfide) groups is 2. The van der Waals surface area contributed by atoms with Crippen LogP contribution in [0.2, 0.25) is 0 Å². The third kappa shape index (κ3) is 2.56. The van der Waals surface area contributed by atoms with Gasteiger partial charge in [0.15, 0.2) is 0 Å². The largest absolute Gasteiger partial charge is 0.202 e. The van der Waals surface area contributed by atoms with Crippen molar-refractivity contribution in [3.05, 3.63) is 24.3 Å². The van der Waals surface area contributed by atoms with E-state index in [0.717, 1.165) is 0 Å². The summed E-state index contributed by atoms with van der Waals surface area (Å²) in [6.07, 6.45) is 9.71. The molecule has 0 atom stereocenters. The van der Waals surface area contributed by atoms with Crippen LogP contribution in [0, 0.1) is 5.41 Å². The lowest BCUT2D eigenvalue weighted by atomic mass is 9.88. The average Bonchev–Trinajstić information content (AvgIpc) is 2.23. The number of alkyl halides is 3. The molecule has 0 N–H and O–H groups in total. The van der Waals surface area contributed by atoms with Crippen molar-refractivity contribution in [1.29, 1.82) is 0 Å². The summed E-state index contributed by atoms with van der Waals surface area (Å²) in [7, 11) is 0. The summed E-state index contributed by atoms with van der Waals surface area (Å²) < 4.78 is -1.21. The predicted molar refractivity (Wildman–Crippen MR) is 78.9 cm³/mol. The molecule has 0 aromatic heterocycles. The van der Waals surface area contributed by atoms with Crippen LogP contribution in [0.3, 0.4) is 0 Å². The van der Waals surface area contributed by atoms with Gasteiger partial charge >= 0.3 is 0 Å². The van der Waals surface area contributed by atoms with Crippen LogP contribution >= 0.6 is 58.3 Å². The van der Waals surface area contributed by atoms with E-state index in [2.05, 4.69) is 12.2 Å². The van der Waals surface area contributed by atoms with E-state index in [0.29, 0.717) is 0 Å². The molecule has 0 bridgehead atoms. The lowest BCUT2D eigenvalue weighted by molar-refractivity contribution is 0.557. The molecule has 0 radical (unpaired) electrons. The second kappa shape index (κ2) is 4.62. The van der Waals surface area contributed by atoms with Crippen LogP contribution < -0.4 is 0 Å². The Morgan fingerprint density at radius 1 is 1.00 bits per heavy atom. The number of hydrogen-bond donors (Lipinski definition) is 0. The second-order valence-electron chi connectivity index (χ2n) is 4.22. The van der Waals surface area contributed by atoms with Gasteiger partial charge in [-0.1, -0.05) is 59.1 Å². The minimum atomic E-state index is -1.29. The molecule has 0 amide bonds. The first kappa shape index (κ1) is 13.5. The minimum Gasteiger partial charge on any atom is -0.136 e. The zero-order chi connectivity index (χ0) is 11.9. The Morgan fingerprint density at radius 3 is 1.94 bits per heavy atom. The Balaban J connectivity index is 2.19. The Kier molecular flexibility index (Phi) is 3.89. The molecule has 16 heavy (non-hydrogen) atoms. The topological polar surface area (TPSA) is 0 Å². The molecule has 1 saturated heterocycles. The van der Waals surface area contributed by atoms with E-state index < -0.39 is 9.21 Å². The second-order valence-corrected chi connectivity index (χ2v) is 9.50. The fourth-order valence-corrected chi connectivity index (χ4v) is 4.90. The van der Waals surface area contributed by atoms with Gasteiger partial charge in [-0.05, 0) is 24.9 Å². The van der Waals surface area contributed by atoms with E-state index in [9.17, 15) is 0 Å². The highest BCUT2D eigenvalue weighted by atomic mass is 35.6. The van der Waals surface area contributed by atoms with Crippen molar-refractivity contribution >= 4 is 58.3 Å². The zero-order valence-electron chi connectivity index (χ0n) is 8.88. The fourth-order valence-electron chi connectivity index (χ4n) is 1.64. The Bertz CT molecular complexity index is 309. The monoisotopic (exact) mass is 314 g/mol. The molecule has 1 fully saturated rings. The molecule has 5 heteroatoms. The third-order valence-corrected chi connectivity index (χ3v) is 7.24. The van der Waals surface area contributed by atoms with Crippen molar-refractivity contribution in [1.82, 2.24) is 0 Å². The molecular weight excluding hydrogens is 303 g/mol. The van der Waals surface area contributed by atoms with Gasteiger partial charge in [0.05, 0.1) is 9.49 Å². The van der Waals surface area contributed by atoms with Crippen LogP contribution in [0.5, 0.6) is 0 Å². The lowest BCUT2D eigenvalue weighted by Crippen LogP contribution is -2.33. The Hall–Kier alpha value is 1.05. The van der Waals surface area contributed by atoms with E-state index in [1.54, 1.807) is 0 Å². The van der Waals surface area contributed by atoms with Crippen LogP contribution in [0.25, 0.3) is 0 Å². The maximum atomic E-state index is 6.00. The Labute approximate surface area is 120 Å². The molecule has 0 unspecified atom stereocenters. The van der Waals surface area contributed by atoms with Crippen molar-refractivity contribution in [2.45, 2.75) is 21.2 Å². The van der Waals surface area contributed by atoms with E-state index >= 15 is 0 Å². The first-order valence-electron chi connectivity index (χ1n) is 5.12. The number of allylic oxidation sites excluding steroid dienone is 2. The van der Waals surface area contributed by atoms with Gasteiger partial charge < -0.3 is 0 Å². The van der Waals surface area contributed by atoms with E-state index in [1.165, 1.54) is 17.9 Å². The molecule has 0 aromatic carbocycles. The summed E-state index contributed by atoms with van der Waals surface area (Å²) in [5, 5.41) is 0. The summed E-state index contributed by atoms with van der Waals surface area (Å²) >= 11 is 21.9. The summed E-state index contributed by atoms with van der Waals surface area (Å²) in [5.41, 5.74) is -0.499. The van der Waals surface area contributed by atoms with Crippen molar-refractivity contribution in [2.24, 2.45) is 5.41 Å². The standard InChI is InChI=1S/C11H13Cl3S2/c1-9(11(12,13)14)3-5-10(6-4-9)15-7-2-8-16-10/h3-6H,2,7-8H2,1H3.